The van der Waals surface area contributed by atoms with Crippen LogP contribution in [0, 0.1) is 0 Å². The maximum Gasteiger partial charge on any atom is 0.329 e. The van der Waals surface area contributed by atoms with Gasteiger partial charge in [0.15, 0.2) is 0 Å². The zero-order valence-electron chi connectivity index (χ0n) is 36.2. The number of nitrogens with one attached hydrogen (secondary N) is 2. The van der Waals surface area contributed by atoms with Crippen LogP contribution in [-0.2, 0) is 40.9 Å². The van der Waals surface area contributed by atoms with Crippen LogP contribution in [0.3, 0.4) is 0 Å². The van der Waals surface area contributed by atoms with Crippen LogP contribution in [0.2, 0.25) is 0 Å². The van der Waals surface area contributed by atoms with E-state index in [-0.39, 0.29) is 36.5 Å². The predicted molar refractivity (Wildman–Crippen MR) is 237 cm³/mol. The molecule has 3 aromatic heterocycles. The Labute approximate surface area is 365 Å². The van der Waals surface area contributed by atoms with Gasteiger partial charge in [-0.3, -0.25) is 43.4 Å². The molecule has 63 heavy (non-hydrogen) atoms. The van der Waals surface area contributed by atoms with E-state index in [1.165, 1.54) is 9.47 Å². The Balaban J connectivity index is 0.959. The van der Waals surface area contributed by atoms with Gasteiger partial charge in [-0.1, -0.05) is 23.4 Å². The highest BCUT2D eigenvalue weighted by Gasteiger charge is 2.32. The standard InChI is InChI=1S/C45H54N12O6/c1-51(2)44(61)47-28-36-35(25-32(27-46-36)31-8-6-17-55(29-31)41(59)15-19-56-20-16-48-50-56)34-11-10-33(26-39(34)63-4)54-23-21-53(22-24-54)18-14-30-7-5-9-37-42(30)52(3)45(62)57(37)38-12-13-40(58)49-43(38)60/h5,7-11,16,20,25-27,38H,6,12-15,17-19,21-24,28-29H2,1-4H3,(H,47,61)(H,49,58,60). The lowest BCUT2D eigenvalue weighted by molar-refractivity contribution is -0.136. The molecule has 0 aliphatic carbocycles. The average Bonchev–Trinajstić information content (AvgIpc) is 3.92. The summed E-state index contributed by atoms with van der Waals surface area (Å²) < 4.78 is 10.9. The van der Waals surface area contributed by atoms with Crippen molar-refractivity contribution in [1.29, 1.82) is 0 Å². The molecule has 5 aromatic rings. The maximum atomic E-state index is 13.4. The second kappa shape index (κ2) is 18.7. The second-order valence-electron chi connectivity index (χ2n) is 16.4. The summed E-state index contributed by atoms with van der Waals surface area (Å²) in [5.74, 6) is -0.0219. The number of rotatable bonds is 13. The number of carbonyl (C=O) groups is 4. The molecule has 0 saturated carbocycles. The topological polar surface area (TPSA) is 185 Å². The van der Waals surface area contributed by atoms with E-state index in [2.05, 4.69) is 61.1 Å². The number of methoxy groups -OCH3 is 1. The second-order valence-corrected chi connectivity index (χ2v) is 16.4. The number of hydrogen-bond donors (Lipinski definition) is 2. The molecule has 1 atom stereocenters. The molecule has 1 unspecified atom stereocenters. The van der Waals surface area contributed by atoms with Crippen LogP contribution >= 0.6 is 0 Å². The number of benzene rings is 2. The fourth-order valence-corrected chi connectivity index (χ4v) is 8.80. The van der Waals surface area contributed by atoms with Crippen LogP contribution in [0.25, 0.3) is 27.7 Å². The van der Waals surface area contributed by atoms with E-state index in [1.54, 1.807) is 49.9 Å². The monoisotopic (exact) mass is 858 g/mol. The highest BCUT2D eigenvalue weighted by molar-refractivity contribution is 6.00. The number of urea groups is 1. The number of aromatic nitrogens is 6. The van der Waals surface area contributed by atoms with Gasteiger partial charge in [0.1, 0.15) is 11.8 Å². The molecular formula is C45H54N12O6. The lowest BCUT2D eigenvalue weighted by atomic mass is 9.96. The molecule has 2 saturated heterocycles. The van der Waals surface area contributed by atoms with Gasteiger partial charge in [0, 0.05) is 115 Å². The minimum atomic E-state index is -0.721. The molecule has 0 spiro atoms. The Hall–Kier alpha value is -6.82. The van der Waals surface area contributed by atoms with Crippen LogP contribution in [0.5, 0.6) is 5.75 Å². The molecule has 6 heterocycles. The number of carbonyl (C=O) groups excluding carboxylic acids is 4. The Morgan fingerprint density at radius 2 is 1.83 bits per heavy atom. The molecule has 0 radical (unpaired) electrons. The van der Waals surface area contributed by atoms with Crippen LogP contribution in [-0.4, -0.2) is 135 Å². The fourth-order valence-electron chi connectivity index (χ4n) is 8.80. The van der Waals surface area contributed by atoms with Gasteiger partial charge in [-0.15, -0.1) is 5.10 Å². The molecule has 330 valence electrons. The van der Waals surface area contributed by atoms with Gasteiger partial charge in [0.05, 0.1) is 43.1 Å². The first-order chi connectivity index (χ1) is 30.5. The molecule has 5 amide bonds. The van der Waals surface area contributed by atoms with Gasteiger partial charge >= 0.3 is 11.7 Å². The molecule has 18 heteroatoms. The van der Waals surface area contributed by atoms with Crippen molar-refractivity contribution in [2.45, 2.75) is 51.2 Å². The van der Waals surface area contributed by atoms with E-state index in [1.807, 2.05) is 29.3 Å². The van der Waals surface area contributed by atoms with Crippen molar-refractivity contribution in [3.05, 3.63) is 94.4 Å². The van der Waals surface area contributed by atoms with Gasteiger partial charge in [-0.2, -0.15) is 0 Å². The summed E-state index contributed by atoms with van der Waals surface area (Å²) in [5, 5.41) is 13.2. The highest BCUT2D eigenvalue weighted by Crippen LogP contribution is 2.37. The van der Waals surface area contributed by atoms with Crippen LogP contribution in [0.4, 0.5) is 10.5 Å². The number of imide groups is 1. The zero-order valence-corrected chi connectivity index (χ0v) is 36.2. The third kappa shape index (κ3) is 9.21. The number of para-hydroxylation sites is 1. The van der Waals surface area contributed by atoms with Crippen molar-refractivity contribution in [1.82, 2.24) is 54.4 Å². The number of amides is 5. The minimum Gasteiger partial charge on any atom is -0.496 e. The first-order valence-electron chi connectivity index (χ1n) is 21.4. The number of pyridine rings is 1. The van der Waals surface area contributed by atoms with Crippen molar-refractivity contribution in [3.63, 3.8) is 0 Å². The molecule has 0 bridgehead atoms. The quantitative estimate of drug-likeness (QED) is 0.166. The summed E-state index contributed by atoms with van der Waals surface area (Å²) in [5.41, 5.74) is 7.57. The van der Waals surface area contributed by atoms with E-state index in [0.717, 1.165) is 84.6 Å². The zero-order chi connectivity index (χ0) is 44.2. The minimum absolute atomic E-state index is 0.0513. The highest BCUT2D eigenvalue weighted by atomic mass is 16.5. The lowest BCUT2D eigenvalue weighted by Gasteiger charge is -2.36. The maximum absolute atomic E-state index is 13.4. The normalized spacial score (nSPS) is 17.1. The molecule has 3 aliphatic rings. The third-order valence-electron chi connectivity index (χ3n) is 12.3. The first-order valence-corrected chi connectivity index (χ1v) is 21.4. The van der Waals surface area contributed by atoms with Gasteiger partial charge in [-0.05, 0) is 60.2 Å². The van der Waals surface area contributed by atoms with Crippen LogP contribution < -0.4 is 26.0 Å². The van der Waals surface area contributed by atoms with Gasteiger partial charge in [0.2, 0.25) is 17.7 Å². The van der Waals surface area contributed by atoms with E-state index in [4.69, 9.17) is 9.72 Å². The van der Waals surface area contributed by atoms with E-state index >= 15 is 0 Å². The van der Waals surface area contributed by atoms with Gasteiger partial charge < -0.3 is 24.8 Å². The molecule has 18 nitrogen and oxygen atoms in total. The van der Waals surface area contributed by atoms with Gasteiger partial charge in [-0.25, -0.2) is 9.59 Å². The summed E-state index contributed by atoms with van der Waals surface area (Å²) >= 11 is 0. The molecule has 2 aromatic carbocycles. The van der Waals surface area contributed by atoms with Crippen molar-refractivity contribution in [2.75, 3.05) is 71.9 Å². The van der Waals surface area contributed by atoms with Crippen molar-refractivity contribution in [3.8, 4) is 16.9 Å². The number of aryl methyl sites for hydroxylation is 2. The number of nitrogens with zero attached hydrogens (tertiary/aromatic N) is 10. The molecular weight excluding hydrogens is 805 g/mol. The smallest absolute Gasteiger partial charge is 0.329 e. The van der Waals surface area contributed by atoms with E-state index < -0.39 is 11.9 Å². The fraction of sp³-hybridized carbons (Fsp3) is 0.422. The Bertz CT molecular complexity index is 2610. The lowest BCUT2D eigenvalue weighted by Crippen LogP contribution is -2.47. The summed E-state index contributed by atoms with van der Waals surface area (Å²) in [6.07, 6.45) is 9.60. The van der Waals surface area contributed by atoms with Gasteiger partial charge in [0.25, 0.3) is 0 Å². The number of fused-ring (bicyclic) bond motifs is 1. The molecule has 8 rings (SSSR count). The average molecular weight is 859 g/mol. The molecule has 3 aliphatic heterocycles. The molecule has 2 fully saturated rings. The number of piperidine rings is 1. The first kappa shape index (κ1) is 42.9. The Kier molecular flexibility index (Phi) is 12.7. The summed E-state index contributed by atoms with van der Waals surface area (Å²) in [4.78, 5) is 76.8. The van der Waals surface area contributed by atoms with Crippen molar-refractivity contribution in [2.24, 2.45) is 7.05 Å². The molecule has 2 N–H and O–H groups in total. The number of hydrogen-bond acceptors (Lipinski definition) is 11. The number of piperazine rings is 1. The summed E-state index contributed by atoms with van der Waals surface area (Å²) in [6.45, 7) is 5.86. The Morgan fingerprint density at radius 1 is 1.00 bits per heavy atom. The number of anilines is 1. The van der Waals surface area contributed by atoms with E-state index in [0.29, 0.717) is 49.4 Å². The van der Waals surface area contributed by atoms with Crippen LogP contribution in [0.1, 0.15) is 48.5 Å². The Morgan fingerprint density at radius 3 is 2.57 bits per heavy atom. The SMILES string of the molecule is COc1cc(N2CCN(CCc3cccc4c3n(C)c(=O)n4C3CCC(=O)NC3=O)CC2)ccc1-c1cc(C2=CCCN(C(=O)CCn3ccnn3)C2)cnc1CNC(=O)N(C)C. The number of ether oxygens (including phenoxy) is 1. The summed E-state index contributed by atoms with van der Waals surface area (Å²) in [7, 11) is 6.79. The van der Waals surface area contributed by atoms with Crippen molar-refractivity contribution < 1.29 is 23.9 Å². The van der Waals surface area contributed by atoms with Crippen molar-refractivity contribution >= 4 is 46.0 Å². The van der Waals surface area contributed by atoms with E-state index in [9.17, 15) is 24.0 Å². The predicted octanol–water partition coefficient (Wildman–Crippen LogP) is 2.82. The summed E-state index contributed by atoms with van der Waals surface area (Å²) in [6, 6.07) is 13.2. The largest absolute Gasteiger partial charge is 0.496 e. The number of imidazole rings is 1. The van der Waals surface area contributed by atoms with Crippen LogP contribution in [0.15, 0.2) is 71.9 Å². The third-order valence-corrected chi connectivity index (χ3v) is 12.3.